The molecule has 98 valence electrons. The van der Waals surface area contributed by atoms with Crippen LogP contribution in [0.15, 0.2) is 0 Å². The summed E-state index contributed by atoms with van der Waals surface area (Å²) >= 11 is 0. The molecule has 5 heteroatoms. The topological polar surface area (TPSA) is 50.8 Å². The van der Waals surface area contributed by atoms with Crippen molar-refractivity contribution in [1.29, 1.82) is 0 Å². The number of nitrogens with one attached hydrogen (secondary N) is 1. The lowest BCUT2D eigenvalue weighted by atomic mass is 9.90. The summed E-state index contributed by atoms with van der Waals surface area (Å²) in [5, 5.41) is 3.29. The van der Waals surface area contributed by atoms with Crippen molar-refractivity contribution in [3.63, 3.8) is 0 Å². The molecule has 0 radical (unpaired) electrons. The number of carbonyl (C=O) groups excluding carboxylic acids is 1. The molecule has 17 heavy (non-hydrogen) atoms. The van der Waals surface area contributed by atoms with Gasteiger partial charge in [-0.3, -0.25) is 0 Å². The second kappa shape index (κ2) is 4.46. The maximum atomic E-state index is 11.8. The molecule has 0 bridgehead atoms. The molecular formula is C12H22N2O3. The van der Waals surface area contributed by atoms with Crippen LogP contribution < -0.4 is 5.32 Å². The van der Waals surface area contributed by atoms with Gasteiger partial charge in [0.15, 0.2) is 0 Å². The first-order valence-electron chi connectivity index (χ1n) is 6.23. The van der Waals surface area contributed by atoms with Crippen molar-refractivity contribution in [3.05, 3.63) is 0 Å². The maximum absolute atomic E-state index is 11.8. The quantitative estimate of drug-likeness (QED) is 0.688. The van der Waals surface area contributed by atoms with E-state index in [0.29, 0.717) is 13.1 Å². The Labute approximate surface area is 102 Å². The average Bonchev–Trinajstić information content (AvgIpc) is 2.36. The van der Waals surface area contributed by atoms with E-state index in [4.69, 9.17) is 9.47 Å². The normalized spacial score (nSPS) is 24.1. The fourth-order valence-electron chi connectivity index (χ4n) is 2.21. The van der Waals surface area contributed by atoms with Crippen molar-refractivity contribution in [2.24, 2.45) is 0 Å². The van der Waals surface area contributed by atoms with Crippen LogP contribution in [0.4, 0.5) is 4.79 Å². The molecule has 0 saturated carbocycles. The molecule has 0 aliphatic carbocycles. The second-order valence-electron chi connectivity index (χ2n) is 5.87. The molecule has 0 aromatic rings. The van der Waals surface area contributed by atoms with Crippen LogP contribution >= 0.6 is 0 Å². The number of carbonyl (C=O) groups is 1. The maximum Gasteiger partial charge on any atom is 0.410 e. The van der Waals surface area contributed by atoms with E-state index in [0.717, 1.165) is 26.1 Å². The first kappa shape index (κ1) is 12.6. The lowest BCUT2D eigenvalue weighted by Gasteiger charge is -2.48. The molecule has 0 unspecified atom stereocenters. The minimum absolute atomic E-state index is 0.125. The summed E-state index contributed by atoms with van der Waals surface area (Å²) in [6.45, 7) is 9.54. The largest absolute Gasteiger partial charge is 0.444 e. The monoisotopic (exact) mass is 242 g/mol. The number of likely N-dealkylation sites (tertiary alicyclic amines) is 1. The molecule has 1 N–H and O–H groups in total. The summed E-state index contributed by atoms with van der Waals surface area (Å²) in [5.41, 5.74) is -0.549. The fourth-order valence-corrected chi connectivity index (χ4v) is 2.21. The highest BCUT2D eigenvalue weighted by molar-refractivity contribution is 5.69. The Morgan fingerprint density at radius 3 is 2.71 bits per heavy atom. The van der Waals surface area contributed by atoms with Crippen LogP contribution in [-0.4, -0.2) is 55.0 Å². The Balaban J connectivity index is 1.83. The van der Waals surface area contributed by atoms with Crippen LogP contribution in [0.3, 0.4) is 0 Å². The van der Waals surface area contributed by atoms with Crippen molar-refractivity contribution in [2.75, 3.05) is 32.8 Å². The number of ether oxygens (including phenoxy) is 2. The Morgan fingerprint density at radius 2 is 2.06 bits per heavy atom. The van der Waals surface area contributed by atoms with Crippen molar-refractivity contribution in [2.45, 2.75) is 38.4 Å². The summed E-state index contributed by atoms with van der Waals surface area (Å²) < 4.78 is 11.1. The Kier molecular flexibility index (Phi) is 3.32. The van der Waals surface area contributed by atoms with E-state index < -0.39 is 5.60 Å². The van der Waals surface area contributed by atoms with Gasteiger partial charge < -0.3 is 19.7 Å². The van der Waals surface area contributed by atoms with Gasteiger partial charge in [-0.15, -0.1) is 0 Å². The molecule has 0 aromatic heterocycles. The van der Waals surface area contributed by atoms with E-state index >= 15 is 0 Å². The van der Waals surface area contributed by atoms with Gasteiger partial charge in [0.05, 0.1) is 19.7 Å². The highest BCUT2D eigenvalue weighted by atomic mass is 16.6. The average molecular weight is 242 g/mol. The van der Waals surface area contributed by atoms with E-state index in [1.54, 1.807) is 4.90 Å². The lowest BCUT2D eigenvalue weighted by molar-refractivity contribution is -0.135. The fraction of sp³-hybridized carbons (Fsp3) is 0.917. The molecule has 5 nitrogen and oxygen atoms in total. The zero-order valence-electron chi connectivity index (χ0n) is 10.9. The summed E-state index contributed by atoms with van der Waals surface area (Å²) in [4.78, 5) is 13.5. The van der Waals surface area contributed by atoms with Gasteiger partial charge in [-0.1, -0.05) is 0 Å². The van der Waals surface area contributed by atoms with Gasteiger partial charge in [-0.2, -0.15) is 0 Å². The van der Waals surface area contributed by atoms with E-state index in [-0.39, 0.29) is 11.7 Å². The van der Waals surface area contributed by atoms with Gasteiger partial charge in [0, 0.05) is 6.54 Å². The Hall–Kier alpha value is -0.810. The van der Waals surface area contributed by atoms with Crippen LogP contribution in [0.1, 0.15) is 27.2 Å². The third-order valence-electron chi connectivity index (χ3n) is 3.05. The van der Waals surface area contributed by atoms with Crippen molar-refractivity contribution < 1.29 is 14.3 Å². The second-order valence-corrected chi connectivity index (χ2v) is 5.87. The van der Waals surface area contributed by atoms with Crippen LogP contribution in [0, 0.1) is 0 Å². The van der Waals surface area contributed by atoms with Gasteiger partial charge in [-0.05, 0) is 33.7 Å². The van der Waals surface area contributed by atoms with Crippen molar-refractivity contribution >= 4 is 6.09 Å². The molecule has 2 aliphatic rings. The molecular weight excluding hydrogens is 220 g/mol. The third-order valence-corrected chi connectivity index (χ3v) is 3.05. The molecule has 1 amide bonds. The molecule has 2 aliphatic heterocycles. The number of rotatable bonds is 0. The Morgan fingerprint density at radius 1 is 1.35 bits per heavy atom. The number of hydrogen-bond donors (Lipinski definition) is 1. The highest BCUT2D eigenvalue weighted by Crippen LogP contribution is 2.30. The SMILES string of the molecule is CC(C)(C)OC(=O)N1CC2(CCNCCO2)C1. The number of amides is 1. The van der Waals surface area contributed by atoms with Crippen LogP contribution in [0.2, 0.25) is 0 Å². The van der Waals surface area contributed by atoms with Gasteiger partial charge in [0.25, 0.3) is 0 Å². The van der Waals surface area contributed by atoms with Gasteiger partial charge in [-0.25, -0.2) is 4.79 Å². The molecule has 0 atom stereocenters. The van der Waals surface area contributed by atoms with Gasteiger partial charge in [0.2, 0.25) is 0 Å². The van der Waals surface area contributed by atoms with Crippen LogP contribution in [0.25, 0.3) is 0 Å². The first-order chi connectivity index (χ1) is 7.90. The van der Waals surface area contributed by atoms with Gasteiger partial charge in [0.1, 0.15) is 11.2 Å². The highest BCUT2D eigenvalue weighted by Gasteiger charge is 2.47. The summed E-state index contributed by atoms with van der Waals surface area (Å²) in [6, 6.07) is 0. The smallest absolute Gasteiger partial charge is 0.410 e. The minimum Gasteiger partial charge on any atom is -0.444 e. The molecule has 2 saturated heterocycles. The predicted molar refractivity (Wildman–Crippen MR) is 64.0 cm³/mol. The van der Waals surface area contributed by atoms with Crippen LogP contribution in [-0.2, 0) is 9.47 Å². The van der Waals surface area contributed by atoms with Gasteiger partial charge >= 0.3 is 6.09 Å². The van der Waals surface area contributed by atoms with E-state index in [2.05, 4.69) is 5.32 Å². The van der Waals surface area contributed by atoms with E-state index in [1.165, 1.54) is 0 Å². The molecule has 2 fully saturated rings. The predicted octanol–water partition coefficient (Wildman–Crippen LogP) is 0.986. The summed E-state index contributed by atoms with van der Waals surface area (Å²) in [7, 11) is 0. The molecule has 1 spiro atoms. The van der Waals surface area contributed by atoms with E-state index in [1.807, 2.05) is 20.8 Å². The zero-order chi connectivity index (χ0) is 12.5. The third kappa shape index (κ3) is 3.10. The summed E-state index contributed by atoms with van der Waals surface area (Å²) in [5.74, 6) is 0. The minimum atomic E-state index is -0.425. The number of nitrogens with zero attached hydrogens (tertiary/aromatic N) is 1. The molecule has 2 heterocycles. The number of hydrogen-bond acceptors (Lipinski definition) is 4. The summed E-state index contributed by atoms with van der Waals surface area (Å²) in [6.07, 6.45) is 0.732. The first-order valence-corrected chi connectivity index (χ1v) is 6.23. The molecule has 0 aromatic carbocycles. The zero-order valence-corrected chi connectivity index (χ0v) is 10.9. The van der Waals surface area contributed by atoms with E-state index in [9.17, 15) is 4.79 Å². The van der Waals surface area contributed by atoms with Crippen molar-refractivity contribution in [1.82, 2.24) is 10.2 Å². The molecule has 2 rings (SSSR count). The standard InChI is InChI=1S/C12H22N2O3/c1-11(2,3)17-10(15)14-8-12(9-14)4-5-13-6-7-16-12/h13H,4-9H2,1-3H3. The van der Waals surface area contributed by atoms with Crippen molar-refractivity contribution in [3.8, 4) is 0 Å². The Bertz CT molecular complexity index is 283. The lowest BCUT2D eigenvalue weighted by Crippen LogP contribution is -2.65. The van der Waals surface area contributed by atoms with Crippen LogP contribution in [0.5, 0.6) is 0 Å².